The standard InChI is InChI=1S/C47H91N2O6P/c1-6-8-10-12-14-16-18-20-22-24-26-28-30-32-34-36-38-40-46(50)45(44-55-56(52,53)54-43-42-49(3,4)5)48-47(51)41-39-37-35-33-31-29-27-25-23-21-19-17-15-13-11-9-7-2/h15,17,21,23,38,40,45-46,50H,6-14,16,18-20,22,24-37,39,41-44H2,1-5H3,(H-,48,51,52,53)/p+1/b17-15-,23-21-,40-38+. The molecule has 3 atom stereocenters. The lowest BCUT2D eigenvalue weighted by Crippen LogP contribution is -2.45. The smallest absolute Gasteiger partial charge is 0.387 e. The molecule has 1 amide bonds. The highest BCUT2D eigenvalue weighted by molar-refractivity contribution is 7.47. The number of likely N-dealkylation sites (N-methyl/N-ethyl adjacent to an activating group) is 1. The predicted molar refractivity (Wildman–Crippen MR) is 240 cm³/mol. The van der Waals surface area contributed by atoms with Crippen LogP contribution < -0.4 is 5.32 Å². The number of phosphoric ester groups is 1. The van der Waals surface area contributed by atoms with Gasteiger partial charge in [0, 0.05) is 6.42 Å². The van der Waals surface area contributed by atoms with Gasteiger partial charge in [0.15, 0.2) is 0 Å². The molecule has 0 rings (SSSR count). The molecule has 0 aromatic heterocycles. The van der Waals surface area contributed by atoms with Crippen molar-refractivity contribution in [2.24, 2.45) is 0 Å². The molecule has 330 valence electrons. The first-order valence-corrected chi connectivity index (χ1v) is 24.9. The Hall–Kier alpha value is -1.28. The van der Waals surface area contributed by atoms with Crippen molar-refractivity contribution in [3.05, 3.63) is 36.5 Å². The fraction of sp³-hybridized carbons (Fsp3) is 0.851. The number of carbonyl (C=O) groups is 1. The van der Waals surface area contributed by atoms with Gasteiger partial charge < -0.3 is 19.8 Å². The number of hydrogen-bond donors (Lipinski definition) is 3. The van der Waals surface area contributed by atoms with Gasteiger partial charge in [0.1, 0.15) is 13.2 Å². The average Bonchev–Trinajstić information content (AvgIpc) is 3.15. The number of amides is 1. The summed E-state index contributed by atoms with van der Waals surface area (Å²) in [5, 5.41) is 13.8. The van der Waals surface area contributed by atoms with Gasteiger partial charge in [0.05, 0.1) is 39.9 Å². The first kappa shape index (κ1) is 54.7. The second-order valence-electron chi connectivity index (χ2n) is 17.1. The van der Waals surface area contributed by atoms with Gasteiger partial charge in [-0.25, -0.2) is 4.57 Å². The maximum atomic E-state index is 12.9. The van der Waals surface area contributed by atoms with Crippen molar-refractivity contribution in [1.82, 2.24) is 5.32 Å². The van der Waals surface area contributed by atoms with E-state index in [4.69, 9.17) is 9.05 Å². The molecule has 0 aliphatic carbocycles. The maximum absolute atomic E-state index is 12.9. The highest BCUT2D eigenvalue weighted by Crippen LogP contribution is 2.43. The van der Waals surface area contributed by atoms with Crippen LogP contribution in [0.15, 0.2) is 36.5 Å². The molecular formula is C47H92N2O6P+. The van der Waals surface area contributed by atoms with Crippen molar-refractivity contribution < 1.29 is 32.9 Å². The van der Waals surface area contributed by atoms with Crippen molar-refractivity contribution >= 4 is 13.7 Å². The number of quaternary nitrogens is 1. The molecule has 0 aromatic rings. The molecule has 8 nitrogen and oxygen atoms in total. The number of rotatable bonds is 42. The molecule has 0 fully saturated rings. The zero-order valence-corrected chi connectivity index (χ0v) is 38.3. The minimum absolute atomic E-state index is 0.0597. The van der Waals surface area contributed by atoms with Gasteiger partial charge in [-0.3, -0.25) is 13.8 Å². The third-order valence-corrected chi connectivity index (χ3v) is 11.3. The molecule has 0 spiro atoms. The number of nitrogens with zero attached hydrogens (tertiary/aromatic N) is 1. The van der Waals surface area contributed by atoms with Crippen LogP contribution in [0.4, 0.5) is 0 Å². The Labute approximate surface area is 347 Å². The van der Waals surface area contributed by atoms with E-state index in [1.54, 1.807) is 6.08 Å². The maximum Gasteiger partial charge on any atom is 0.472 e. The van der Waals surface area contributed by atoms with Crippen LogP contribution in [-0.2, 0) is 18.4 Å². The van der Waals surface area contributed by atoms with Crippen LogP contribution in [0.3, 0.4) is 0 Å². The number of nitrogens with one attached hydrogen (secondary N) is 1. The van der Waals surface area contributed by atoms with Gasteiger partial charge in [0.2, 0.25) is 5.91 Å². The first-order chi connectivity index (χ1) is 27.0. The van der Waals surface area contributed by atoms with Crippen LogP contribution in [0.5, 0.6) is 0 Å². The van der Waals surface area contributed by atoms with Gasteiger partial charge in [-0.1, -0.05) is 185 Å². The number of carbonyl (C=O) groups excluding carboxylic acids is 1. The number of phosphoric acid groups is 1. The van der Waals surface area contributed by atoms with E-state index in [1.807, 2.05) is 27.2 Å². The summed E-state index contributed by atoms with van der Waals surface area (Å²) in [5.41, 5.74) is 0. The second kappa shape index (κ2) is 39.2. The van der Waals surface area contributed by atoms with Crippen molar-refractivity contribution in [1.29, 1.82) is 0 Å². The largest absolute Gasteiger partial charge is 0.472 e. The Bertz CT molecular complexity index is 1010. The quantitative estimate of drug-likeness (QED) is 0.0245. The van der Waals surface area contributed by atoms with Crippen LogP contribution in [0.25, 0.3) is 0 Å². The Kier molecular flexibility index (Phi) is 38.3. The van der Waals surface area contributed by atoms with E-state index in [0.29, 0.717) is 17.4 Å². The molecule has 0 saturated heterocycles. The molecular weight excluding hydrogens is 719 g/mol. The van der Waals surface area contributed by atoms with E-state index in [-0.39, 0.29) is 19.1 Å². The van der Waals surface area contributed by atoms with Gasteiger partial charge in [-0.2, -0.15) is 0 Å². The summed E-state index contributed by atoms with van der Waals surface area (Å²) in [6.45, 7) is 4.79. The normalized spacial score (nSPS) is 14.6. The summed E-state index contributed by atoms with van der Waals surface area (Å²) < 4.78 is 23.6. The molecule has 0 bridgehead atoms. The topological polar surface area (TPSA) is 105 Å². The van der Waals surface area contributed by atoms with E-state index in [0.717, 1.165) is 51.4 Å². The van der Waals surface area contributed by atoms with E-state index >= 15 is 0 Å². The fourth-order valence-corrected chi connectivity index (χ4v) is 7.34. The van der Waals surface area contributed by atoms with Crippen molar-refractivity contribution in [3.63, 3.8) is 0 Å². The second-order valence-corrected chi connectivity index (χ2v) is 18.6. The molecule has 0 aliphatic heterocycles. The number of aliphatic hydroxyl groups excluding tert-OH is 1. The lowest BCUT2D eigenvalue weighted by molar-refractivity contribution is -0.870. The van der Waals surface area contributed by atoms with Crippen molar-refractivity contribution in [2.75, 3.05) is 40.9 Å². The minimum atomic E-state index is -4.34. The van der Waals surface area contributed by atoms with E-state index in [1.165, 1.54) is 135 Å². The van der Waals surface area contributed by atoms with Crippen LogP contribution in [0, 0.1) is 0 Å². The van der Waals surface area contributed by atoms with Gasteiger partial charge in [-0.05, 0) is 51.4 Å². The summed E-state index contributed by atoms with van der Waals surface area (Å²) in [4.78, 5) is 23.1. The van der Waals surface area contributed by atoms with E-state index in [9.17, 15) is 19.4 Å². The highest BCUT2D eigenvalue weighted by Gasteiger charge is 2.27. The van der Waals surface area contributed by atoms with Crippen molar-refractivity contribution in [2.45, 2.75) is 219 Å². The monoisotopic (exact) mass is 812 g/mol. The van der Waals surface area contributed by atoms with Crippen molar-refractivity contribution in [3.8, 4) is 0 Å². The summed E-state index contributed by atoms with van der Waals surface area (Å²) in [6.07, 6.45) is 47.8. The molecule has 0 aromatic carbocycles. The Morgan fingerprint density at radius 1 is 0.607 bits per heavy atom. The lowest BCUT2D eigenvalue weighted by atomic mass is 10.0. The summed E-state index contributed by atoms with van der Waals surface area (Å²) >= 11 is 0. The Balaban J connectivity index is 4.41. The molecule has 56 heavy (non-hydrogen) atoms. The number of unbranched alkanes of at least 4 members (excludes halogenated alkanes) is 25. The Morgan fingerprint density at radius 3 is 1.50 bits per heavy atom. The third-order valence-electron chi connectivity index (χ3n) is 10.4. The molecule has 9 heteroatoms. The lowest BCUT2D eigenvalue weighted by Gasteiger charge is -2.25. The summed E-state index contributed by atoms with van der Waals surface area (Å²) in [7, 11) is 1.57. The van der Waals surface area contributed by atoms with Crippen LogP contribution >= 0.6 is 7.82 Å². The molecule has 0 heterocycles. The third kappa shape index (κ3) is 40.9. The fourth-order valence-electron chi connectivity index (χ4n) is 6.60. The molecule has 0 aliphatic rings. The first-order valence-electron chi connectivity index (χ1n) is 23.4. The minimum Gasteiger partial charge on any atom is -0.387 e. The van der Waals surface area contributed by atoms with Crippen LogP contribution in [-0.4, -0.2) is 73.4 Å². The predicted octanol–water partition coefficient (Wildman–Crippen LogP) is 13.1. The number of allylic oxidation sites excluding steroid dienone is 5. The molecule has 3 unspecified atom stereocenters. The highest BCUT2D eigenvalue weighted by atomic mass is 31.2. The number of hydrogen-bond acceptors (Lipinski definition) is 5. The van der Waals surface area contributed by atoms with E-state index < -0.39 is 20.0 Å². The number of aliphatic hydroxyl groups is 1. The zero-order chi connectivity index (χ0) is 41.4. The summed E-state index contributed by atoms with van der Waals surface area (Å²) in [6, 6.07) is -0.849. The Morgan fingerprint density at radius 2 is 1.02 bits per heavy atom. The van der Waals surface area contributed by atoms with Gasteiger partial charge in [0.25, 0.3) is 0 Å². The average molecular weight is 812 g/mol. The van der Waals surface area contributed by atoms with Gasteiger partial charge >= 0.3 is 7.82 Å². The van der Waals surface area contributed by atoms with Crippen LogP contribution in [0.1, 0.15) is 206 Å². The zero-order valence-electron chi connectivity index (χ0n) is 37.4. The molecule has 0 saturated carbocycles. The molecule has 0 radical (unpaired) electrons. The SMILES string of the molecule is CCCCC/C=C\C/C=C\CCCCCCCCCC(=O)NC(COP(=O)(O)OCC[N+](C)(C)C)C(O)/C=C/CCCCCCCCCCCCCCCCC. The van der Waals surface area contributed by atoms with E-state index in [2.05, 4.69) is 43.5 Å². The van der Waals surface area contributed by atoms with Gasteiger partial charge in [-0.15, -0.1) is 0 Å². The van der Waals surface area contributed by atoms with Crippen LogP contribution in [0.2, 0.25) is 0 Å². The molecule has 3 N–H and O–H groups in total. The summed E-state index contributed by atoms with van der Waals surface area (Å²) in [5.74, 6) is -0.185.